The second kappa shape index (κ2) is 15.3. The van der Waals surface area contributed by atoms with Crippen molar-refractivity contribution in [3.63, 3.8) is 0 Å². The maximum Gasteiger partial charge on any atom is 0.319 e. The number of para-hydroxylation sites is 1. The van der Waals surface area contributed by atoms with Crippen LogP contribution in [0.5, 0.6) is 11.5 Å². The highest BCUT2D eigenvalue weighted by Crippen LogP contribution is 2.24. The average molecular weight is 582 g/mol. The summed E-state index contributed by atoms with van der Waals surface area (Å²) in [6.45, 7) is 3.42. The lowest BCUT2D eigenvalue weighted by Crippen LogP contribution is -2.39. The maximum absolute atomic E-state index is 12.5. The number of halogens is 2. The number of nitrogens with one attached hydrogen (secondary N) is 3. The van der Waals surface area contributed by atoms with Crippen molar-refractivity contribution < 1.29 is 14.3 Å². The van der Waals surface area contributed by atoms with E-state index in [0.717, 1.165) is 56.6 Å². The monoisotopic (exact) mass is 580 g/mol. The second-order valence-corrected chi connectivity index (χ2v) is 10.5. The Morgan fingerprint density at radius 1 is 0.925 bits per heavy atom. The predicted octanol–water partition coefficient (Wildman–Crippen LogP) is 6.98. The molecule has 3 N–H and O–H groups in total. The van der Waals surface area contributed by atoms with Crippen LogP contribution in [0, 0.1) is 0 Å². The molecule has 3 amide bonds. The molecule has 1 aliphatic heterocycles. The van der Waals surface area contributed by atoms with Gasteiger partial charge in [-0.05, 0) is 86.0 Å². The molecule has 0 saturated carbocycles. The molecular weight excluding hydrogens is 547 g/mol. The average Bonchev–Trinajstić information content (AvgIpc) is 3.39. The summed E-state index contributed by atoms with van der Waals surface area (Å²) in [5.41, 5.74) is 1.54. The van der Waals surface area contributed by atoms with E-state index in [4.69, 9.17) is 27.9 Å². The van der Waals surface area contributed by atoms with Gasteiger partial charge in [0.1, 0.15) is 11.5 Å². The van der Waals surface area contributed by atoms with Crippen molar-refractivity contribution in [3.05, 3.63) is 94.5 Å². The Balaban J connectivity index is 1.05. The van der Waals surface area contributed by atoms with Gasteiger partial charge in [-0.15, -0.1) is 0 Å². The minimum Gasteiger partial charge on any atom is -0.457 e. The van der Waals surface area contributed by atoms with Gasteiger partial charge in [0.2, 0.25) is 5.91 Å². The summed E-state index contributed by atoms with van der Waals surface area (Å²) in [4.78, 5) is 26.9. The SMILES string of the molecule is O=C(/C=C/c1ccc(Cl)c(Cl)c1)NCCCCCN1CC[C@H](NC(=O)Nc2ccc(Oc3ccccc3)cc2)C1. The zero-order valence-electron chi connectivity index (χ0n) is 22.2. The molecule has 1 saturated heterocycles. The molecule has 1 atom stereocenters. The van der Waals surface area contributed by atoms with Crippen LogP contribution in [0.3, 0.4) is 0 Å². The Morgan fingerprint density at radius 3 is 2.48 bits per heavy atom. The molecule has 9 heteroatoms. The molecule has 0 aromatic heterocycles. The van der Waals surface area contributed by atoms with Crippen LogP contribution in [-0.4, -0.2) is 49.1 Å². The lowest BCUT2D eigenvalue weighted by atomic mass is 10.2. The summed E-state index contributed by atoms with van der Waals surface area (Å²) in [5, 5.41) is 9.83. The van der Waals surface area contributed by atoms with Crippen molar-refractivity contribution in [2.24, 2.45) is 0 Å². The molecule has 3 aromatic carbocycles. The summed E-state index contributed by atoms with van der Waals surface area (Å²) < 4.78 is 5.79. The summed E-state index contributed by atoms with van der Waals surface area (Å²) >= 11 is 11.9. The van der Waals surface area contributed by atoms with Crippen molar-refractivity contribution in [1.29, 1.82) is 0 Å². The number of carbonyl (C=O) groups excluding carboxylic acids is 2. The van der Waals surface area contributed by atoms with Crippen molar-refractivity contribution in [2.75, 3.05) is 31.5 Å². The smallest absolute Gasteiger partial charge is 0.319 e. The fourth-order valence-electron chi connectivity index (χ4n) is 4.43. The Labute approximate surface area is 245 Å². The van der Waals surface area contributed by atoms with Gasteiger partial charge in [-0.1, -0.05) is 53.9 Å². The van der Waals surface area contributed by atoms with E-state index in [2.05, 4.69) is 20.9 Å². The fourth-order valence-corrected chi connectivity index (χ4v) is 4.74. The highest BCUT2D eigenvalue weighted by atomic mass is 35.5. The minimum absolute atomic E-state index is 0.127. The Bertz CT molecular complexity index is 1290. The van der Waals surface area contributed by atoms with Crippen LogP contribution in [0.4, 0.5) is 10.5 Å². The van der Waals surface area contributed by atoms with Gasteiger partial charge in [0.25, 0.3) is 0 Å². The van der Waals surface area contributed by atoms with Gasteiger partial charge in [-0.3, -0.25) is 4.79 Å². The highest BCUT2D eigenvalue weighted by Gasteiger charge is 2.23. The number of anilines is 1. The van der Waals surface area contributed by atoms with Crippen LogP contribution in [0.1, 0.15) is 31.2 Å². The Kier molecular flexibility index (Phi) is 11.3. The first-order valence-electron chi connectivity index (χ1n) is 13.5. The number of hydrogen-bond donors (Lipinski definition) is 3. The normalized spacial score (nSPS) is 15.2. The number of unbranched alkanes of at least 4 members (excludes halogenated alkanes) is 2. The number of rotatable bonds is 12. The number of urea groups is 1. The maximum atomic E-state index is 12.5. The first kappa shape index (κ1) is 29.5. The van der Waals surface area contributed by atoms with E-state index >= 15 is 0 Å². The van der Waals surface area contributed by atoms with Crippen LogP contribution in [0.25, 0.3) is 6.08 Å². The minimum atomic E-state index is -0.201. The summed E-state index contributed by atoms with van der Waals surface area (Å²) in [5.74, 6) is 1.35. The summed E-state index contributed by atoms with van der Waals surface area (Å²) in [6, 6.07) is 22.1. The van der Waals surface area contributed by atoms with Gasteiger partial charge in [0.05, 0.1) is 10.0 Å². The zero-order chi connectivity index (χ0) is 28.2. The van der Waals surface area contributed by atoms with Crippen molar-refractivity contribution in [3.8, 4) is 11.5 Å². The predicted molar refractivity (Wildman–Crippen MR) is 162 cm³/mol. The molecule has 210 valence electrons. The molecule has 1 aliphatic rings. The second-order valence-electron chi connectivity index (χ2n) is 9.68. The first-order chi connectivity index (χ1) is 19.4. The molecule has 4 rings (SSSR count). The lowest BCUT2D eigenvalue weighted by molar-refractivity contribution is -0.116. The molecule has 0 radical (unpaired) electrons. The molecule has 40 heavy (non-hydrogen) atoms. The van der Waals surface area contributed by atoms with E-state index in [1.165, 1.54) is 6.08 Å². The zero-order valence-corrected chi connectivity index (χ0v) is 23.8. The topological polar surface area (TPSA) is 82.7 Å². The molecule has 0 unspecified atom stereocenters. The van der Waals surface area contributed by atoms with Crippen molar-refractivity contribution in [2.45, 2.75) is 31.7 Å². The molecule has 1 heterocycles. The fraction of sp³-hybridized carbons (Fsp3) is 0.290. The van der Waals surface area contributed by atoms with Crippen LogP contribution in [0.15, 0.2) is 78.9 Å². The van der Waals surface area contributed by atoms with E-state index in [1.807, 2.05) is 60.7 Å². The molecule has 1 fully saturated rings. The van der Waals surface area contributed by atoms with E-state index < -0.39 is 0 Å². The number of ether oxygens (including phenoxy) is 1. The Morgan fingerprint density at radius 2 is 1.70 bits per heavy atom. The largest absolute Gasteiger partial charge is 0.457 e. The number of carbonyl (C=O) groups is 2. The quantitative estimate of drug-likeness (QED) is 0.159. The van der Waals surface area contributed by atoms with E-state index in [-0.39, 0.29) is 18.0 Å². The van der Waals surface area contributed by atoms with E-state index in [0.29, 0.717) is 28.0 Å². The molecule has 0 aliphatic carbocycles. The highest BCUT2D eigenvalue weighted by molar-refractivity contribution is 6.42. The Hall–Kier alpha value is -3.52. The molecular formula is C31H34Cl2N4O3. The standard InChI is InChI=1S/C31H34Cl2N4O3/c32-28-15-9-23(21-29(28)33)10-16-30(38)34-18-5-2-6-19-37-20-17-25(22-37)36-31(39)35-24-11-13-27(14-12-24)40-26-7-3-1-4-8-26/h1,3-4,7-16,21,25H,2,5-6,17-20,22H2,(H,34,38)(H2,35,36,39)/b16-10+/t25-/m0/s1. The third kappa shape index (κ3) is 9.90. The van der Waals surface area contributed by atoms with Crippen molar-refractivity contribution >= 4 is 46.9 Å². The summed E-state index contributed by atoms with van der Waals surface area (Å²) in [7, 11) is 0. The molecule has 0 spiro atoms. The number of hydrogen-bond acceptors (Lipinski definition) is 4. The summed E-state index contributed by atoms with van der Waals surface area (Å²) in [6.07, 6.45) is 7.13. The van der Waals surface area contributed by atoms with Crippen LogP contribution >= 0.6 is 23.2 Å². The number of likely N-dealkylation sites (tertiary alicyclic amines) is 1. The van der Waals surface area contributed by atoms with Crippen LogP contribution in [-0.2, 0) is 4.79 Å². The van der Waals surface area contributed by atoms with Gasteiger partial charge in [0.15, 0.2) is 0 Å². The lowest BCUT2D eigenvalue weighted by Gasteiger charge is -2.17. The third-order valence-electron chi connectivity index (χ3n) is 6.52. The van der Waals surface area contributed by atoms with E-state index in [1.54, 1.807) is 18.2 Å². The van der Waals surface area contributed by atoms with Gasteiger partial charge >= 0.3 is 6.03 Å². The van der Waals surface area contributed by atoms with Gasteiger partial charge in [-0.25, -0.2) is 4.79 Å². The molecule has 7 nitrogen and oxygen atoms in total. The van der Waals surface area contributed by atoms with Gasteiger partial charge < -0.3 is 25.6 Å². The van der Waals surface area contributed by atoms with Crippen LogP contribution < -0.4 is 20.7 Å². The molecule has 3 aromatic rings. The molecule has 0 bridgehead atoms. The first-order valence-corrected chi connectivity index (χ1v) is 14.2. The third-order valence-corrected chi connectivity index (χ3v) is 7.26. The van der Waals surface area contributed by atoms with Gasteiger partial charge in [-0.2, -0.15) is 0 Å². The van der Waals surface area contributed by atoms with Crippen molar-refractivity contribution in [1.82, 2.24) is 15.5 Å². The number of nitrogens with zero attached hydrogens (tertiary/aromatic N) is 1. The van der Waals surface area contributed by atoms with Gasteiger partial charge in [0, 0.05) is 37.4 Å². The number of amides is 3. The number of benzene rings is 3. The van der Waals surface area contributed by atoms with E-state index in [9.17, 15) is 9.59 Å². The van der Waals surface area contributed by atoms with Crippen LogP contribution in [0.2, 0.25) is 10.0 Å².